The third-order valence-electron chi connectivity index (χ3n) is 3.49. The van der Waals surface area contributed by atoms with Crippen LogP contribution < -0.4 is 10.2 Å². The van der Waals surface area contributed by atoms with E-state index in [1.54, 1.807) is 0 Å². The third-order valence-corrected chi connectivity index (χ3v) is 4.11. The van der Waals surface area contributed by atoms with Crippen molar-refractivity contribution < 1.29 is 9.53 Å². The molecule has 4 nitrogen and oxygen atoms in total. The first-order valence-corrected chi connectivity index (χ1v) is 8.97. The van der Waals surface area contributed by atoms with E-state index in [1.165, 1.54) is 18.4 Å². The summed E-state index contributed by atoms with van der Waals surface area (Å²) >= 11 is 3.48. The van der Waals surface area contributed by atoms with Gasteiger partial charge in [-0.2, -0.15) is 5.10 Å². The minimum Gasteiger partial charge on any atom is -0.483 e. The van der Waals surface area contributed by atoms with Crippen LogP contribution in [-0.2, 0) is 4.79 Å². The van der Waals surface area contributed by atoms with Gasteiger partial charge in [-0.3, -0.25) is 4.79 Å². The average Bonchev–Trinajstić information content (AvgIpc) is 2.51. The summed E-state index contributed by atoms with van der Waals surface area (Å²) in [4.78, 5) is 11.8. The van der Waals surface area contributed by atoms with Gasteiger partial charge >= 0.3 is 0 Å². The quantitative estimate of drug-likeness (QED) is 0.370. The van der Waals surface area contributed by atoms with E-state index < -0.39 is 0 Å². The fourth-order valence-electron chi connectivity index (χ4n) is 2.01. The monoisotopic (exact) mass is 382 g/mol. The molecule has 0 heterocycles. The zero-order valence-corrected chi connectivity index (χ0v) is 16.1. The molecule has 1 N–H and O–H groups in total. The number of hydrogen-bond donors (Lipinski definition) is 1. The predicted octanol–water partition coefficient (Wildman–Crippen LogP) is 5.02. The summed E-state index contributed by atoms with van der Waals surface area (Å²) in [5.74, 6) is 0.863. The van der Waals surface area contributed by atoms with Gasteiger partial charge in [0.15, 0.2) is 6.61 Å². The molecule has 1 aromatic carbocycles. The molecule has 128 valence electrons. The average molecular weight is 383 g/mol. The molecule has 0 radical (unpaired) electrons. The first-order valence-electron chi connectivity index (χ1n) is 8.18. The zero-order chi connectivity index (χ0) is 17.2. The van der Waals surface area contributed by atoms with E-state index in [9.17, 15) is 4.79 Å². The molecule has 0 aliphatic rings. The molecular weight excluding hydrogens is 356 g/mol. The minimum atomic E-state index is -0.250. The highest BCUT2D eigenvalue weighted by Gasteiger charge is 2.07. The normalized spacial score (nSPS) is 11.7. The summed E-state index contributed by atoms with van der Waals surface area (Å²) in [5, 5.41) is 4.09. The van der Waals surface area contributed by atoms with Crippen LogP contribution >= 0.6 is 15.9 Å². The van der Waals surface area contributed by atoms with Crippen LogP contribution in [0.2, 0.25) is 0 Å². The number of unbranched alkanes of at least 4 members (excludes halogenated alkanes) is 2. The molecular formula is C18H27BrN2O2. The molecule has 0 saturated carbocycles. The van der Waals surface area contributed by atoms with Crippen molar-refractivity contribution in [1.29, 1.82) is 0 Å². The second kappa shape index (κ2) is 10.4. The van der Waals surface area contributed by atoms with Crippen molar-refractivity contribution in [2.24, 2.45) is 5.10 Å². The smallest absolute Gasteiger partial charge is 0.277 e. The van der Waals surface area contributed by atoms with E-state index in [2.05, 4.69) is 47.2 Å². The van der Waals surface area contributed by atoms with Crippen LogP contribution in [0, 0.1) is 0 Å². The standard InChI is InChI=1S/C18H27BrN2O2/c1-5-6-7-8-14(4)20-21-18(22)12-23-17-10-9-15(13(2)3)11-16(17)19/h9-11,13H,5-8,12H2,1-4H3,(H,21,22)/b20-14+. The van der Waals surface area contributed by atoms with Crippen molar-refractivity contribution in [3.8, 4) is 5.75 Å². The Kier molecular flexibility index (Phi) is 8.92. The lowest BCUT2D eigenvalue weighted by Gasteiger charge is -2.11. The summed E-state index contributed by atoms with van der Waals surface area (Å²) in [5.41, 5.74) is 4.70. The molecule has 23 heavy (non-hydrogen) atoms. The van der Waals surface area contributed by atoms with Gasteiger partial charge in [0.2, 0.25) is 0 Å². The van der Waals surface area contributed by atoms with Crippen LogP contribution in [0.25, 0.3) is 0 Å². The highest BCUT2D eigenvalue weighted by atomic mass is 79.9. The second-order valence-corrected chi connectivity index (χ2v) is 6.83. The maximum absolute atomic E-state index is 11.8. The summed E-state index contributed by atoms with van der Waals surface area (Å²) < 4.78 is 6.39. The van der Waals surface area contributed by atoms with Crippen molar-refractivity contribution in [2.45, 2.75) is 59.3 Å². The number of rotatable bonds is 9. The van der Waals surface area contributed by atoms with Crippen molar-refractivity contribution in [3.63, 3.8) is 0 Å². The topological polar surface area (TPSA) is 50.7 Å². The number of halogens is 1. The number of benzene rings is 1. The number of nitrogens with zero attached hydrogens (tertiary/aromatic N) is 1. The second-order valence-electron chi connectivity index (χ2n) is 5.97. The Hall–Kier alpha value is -1.36. The van der Waals surface area contributed by atoms with Gasteiger partial charge in [0.1, 0.15) is 5.75 Å². The molecule has 0 fully saturated rings. The molecule has 5 heteroatoms. The minimum absolute atomic E-state index is 0.0502. The third kappa shape index (κ3) is 7.64. The molecule has 0 unspecified atom stereocenters. The molecule has 0 aliphatic heterocycles. The van der Waals surface area contributed by atoms with Crippen LogP contribution in [0.15, 0.2) is 27.8 Å². The Balaban J connectivity index is 2.43. The number of carbonyl (C=O) groups excluding carboxylic acids is 1. The Labute approximate surface area is 147 Å². The molecule has 0 saturated heterocycles. The van der Waals surface area contributed by atoms with Crippen LogP contribution in [0.4, 0.5) is 0 Å². The Morgan fingerprint density at radius 3 is 2.70 bits per heavy atom. The van der Waals surface area contributed by atoms with E-state index in [4.69, 9.17) is 4.74 Å². The molecule has 0 aromatic heterocycles. The van der Waals surface area contributed by atoms with E-state index >= 15 is 0 Å². The number of nitrogens with one attached hydrogen (secondary N) is 1. The Morgan fingerprint density at radius 2 is 2.09 bits per heavy atom. The van der Waals surface area contributed by atoms with Crippen molar-refractivity contribution >= 4 is 27.5 Å². The summed E-state index contributed by atoms with van der Waals surface area (Å²) in [6.45, 7) is 8.31. The van der Waals surface area contributed by atoms with E-state index in [-0.39, 0.29) is 12.5 Å². The number of hydrazone groups is 1. The summed E-state index contributed by atoms with van der Waals surface area (Å²) in [7, 11) is 0. The number of carbonyl (C=O) groups is 1. The lowest BCUT2D eigenvalue weighted by molar-refractivity contribution is -0.123. The van der Waals surface area contributed by atoms with Gasteiger partial charge in [0.25, 0.3) is 5.91 Å². The van der Waals surface area contributed by atoms with Crippen molar-refractivity contribution in [3.05, 3.63) is 28.2 Å². The highest BCUT2D eigenvalue weighted by Crippen LogP contribution is 2.28. The molecule has 0 spiro atoms. The van der Waals surface area contributed by atoms with Crippen LogP contribution in [0.5, 0.6) is 5.75 Å². The Morgan fingerprint density at radius 1 is 1.35 bits per heavy atom. The van der Waals surface area contributed by atoms with Gasteiger partial charge in [0.05, 0.1) is 4.47 Å². The summed E-state index contributed by atoms with van der Waals surface area (Å²) in [6, 6.07) is 5.92. The van der Waals surface area contributed by atoms with E-state index in [1.807, 2.05) is 25.1 Å². The van der Waals surface area contributed by atoms with Gasteiger partial charge in [0, 0.05) is 5.71 Å². The van der Waals surface area contributed by atoms with Crippen LogP contribution in [0.1, 0.15) is 64.9 Å². The highest BCUT2D eigenvalue weighted by molar-refractivity contribution is 9.10. The van der Waals surface area contributed by atoms with Gasteiger partial charge < -0.3 is 4.74 Å². The summed E-state index contributed by atoms with van der Waals surface area (Å²) in [6.07, 6.45) is 4.38. The lowest BCUT2D eigenvalue weighted by Crippen LogP contribution is -2.25. The number of hydrogen-bond acceptors (Lipinski definition) is 3. The molecule has 0 bridgehead atoms. The molecule has 0 atom stereocenters. The van der Waals surface area contributed by atoms with Gasteiger partial charge in [-0.15, -0.1) is 0 Å². The predicted molar refractivity (Wildman–Crippen MR) is 99.1 cm³/mol. The molecule has 0 aliphatic carbocycles. The lowest BCUT2D eigenvalue weighted by atomic mass is 10.0. The van der Waals surface area contributed by atoms with Crippen molar-refractivity contribution in [1.82, 2.24) is 5.43 Å². The van der Waals surface area contributed by atoms with Gasteiger partial charge in [-0.1, -0.05) is 39.7 Å². The number of amides is 1. The fraction of sp³-hybridized carbons (Fsp3) is 0.556. The van der Waals surface area contributed by atoms with Crippen LogP contribution in [0.3, 0.4) is 0 Å². The first kappa shape index (κ1) is 19.7. The molecule has 1 aromatic rings. The molecule has 1 rings (SSSR count). The fourth-order valence-corrected chi connectivity index (χ4v) is 2.52. The first-order chi connectivity index (χ1) is 10.9. The largest absolute Gasteiger partial charge is 0.483 e. The zero-order valence-electron chi connectivity index (χ0n) is 14.5. The SMILES string of the molecule is CCCCC/C(C)=N/NC(=O)COc1ccc(C(C)C)cc1Br. The van der Waals surface area contributed by atoms with Crippen LogP contribution in [-0.4, -0.2) is 18.2 Å². The van der Waals surface area contributed by atoms with Gasteiger partial charge in [-0.25, -0.2) is 5.43 Å². The molecule has 1 amide bonds. The van der Waals surface area contributed by atoms with E-state index in [0.717, 1.165) is 23.0 Å². The van der Waals surface area contributed by atoms with E-state index in [0.29, 0.717) is 11.7 Å². The van der Waals surface area contributed by atoms with Gasteiger partial charge in [-0.05, 0) is 59.3 Å². The van der Waals surface area contributed by atoms with Crippen molar-refractivity contribution in [2.75, 3.05) is 6.61 Å². The maximum atomic E-state index is 11.8. The Bertz CT molecular complexity index is 542. The number of ether oxygens (including phenoxy) is 1. The maximum Gasteiger partial charge on any atom is 0.277 e.